The minimum atomic E-state index is 0.655. The average Bonchev–Trinajstić information content (AvgIpc) is 2.41. The van der Waals surface area contributed by atoms with Crippen LogP contribution in [0, 0.1) is 0 Å². The molecule has 1 heterocycles. The van der Waals surface area contributed by atoms with Gasteiger partial charge in [-0.1, -0.05) is 25.1 Å². The molecule has 1 nitrogen and oxygen atoms in total. The summed E-state index contributed by atoms with van der Waals surface area (Å²) < 4.78 is 0. The van der Waals surface area contributed by atoms with Crippen molar-refractivity contribution in [3.8, 4) is 0 Å². The molecule has 0 amide bonds. The molecule has 0 saturated heterocycles. The molecule has 70 valence electrons. The smallest absolute Gasteiger partial charge is 0.0404 e. The van der Waals surface area contributed by atoms with Gasteiger partial charge in [-0.25, -0.2) is 0 Å². The van der Waals surface area contributed by atoms with E-state index in [1.165, 1.54) is 11.3 Å². The van der Waals surface area contributed by atoms with Gasteiger partial charge in [-0.2, -0.15) is 0 Å². The van der Waals surface area contributed by atoms with Gasteiger partial charge < -0.3 is 4.90 Å². The number of benzene rings is 1. The van der Waals surface area contributed by atoms with E-state index in [1.807, 2.05) is 0 Å². The molecule has 2 rings (SSSR count). The minimum Gasteiger partial charge on any atom is -0.368 e. The van der Waals surface area contributed by atoms with Gasteiger partial charge in [0.15, 0.2) is 0 Å². The molecular weight excluding hydrogens is 158 g/mol. The Morgan fingerprint density at radius 2 is 1.92 bits per heavy atom. The first kappa shape index (κ1) is 8.61. The predicted octanol–water partition coefficient (Wildman–Crippen LogP) is 3.02. The van der Waals surface area contributed by atoms with E-state index in [2.05, 4.69) is 49.9 Å². The van der Waals surface area contributed by atoms with Crippen LogP contribution in [0.3, 0.4) is 0 Å². The van der Waals surface area contributed by atoms with Crippen LogP contribution in [-0.2, 0) is 0 Å². The van der Waals surface area contributed by atoms with E-state index in [0.29, 0.717) is 12.0 Å². The Balaban J connectivity index is 2.47. The number of anilines is 1. The first-order valence-corrected chi connectivity index (χ1v) is 5.11. The summed E-state index contributed by atoms with van der Waals surface area (Å²) in [6.45, 7) is 7.97. The van der Waals surface area contributed by atoms with Crippen molar-refractivity contribution in [3.63, 3.8) is 0 Å². The van der Waals surface area contributed by atoms with Gasteiger partial charge >= 0.3 is 0 Å². The lowest BCUT2D eigenvalue weighted by atomic mass is 9.99. The Bertz CT molecular complexity index is 306. The monoisotopic (exact) mass is 175 g/mol. The second kappa shape index (κ2) is 3.06. The summed E-state index contributed by atoms with van der Waals surface area (Å²) in [5, 5.41) is 0. The van der Waals surface area contributed by atoms with Gasteiger partial charge in [0.2, 0.25) is 0 Å². The fourth-order valence-corrected chi connectivity index (χ4v) is 2.34. The molecule has 0 saturated carbocycles. The van der Waals surface area contributed by atoms with Crippen LogP contribution in [0.15, 0.2) is 24.3 Å². The molecule has 0 unspecified atom stereocenters. The van der Waals surface area contributed by atoms with Crippen LogP contribution in [0.25, 0.3) is 0 Å². The van der Waals surface area contributed by atoms with Crippen molar-refractivity contribution in [2.24, 2.45) is 0 Å². The molecule has 0 aromatic heterocycles. The molecule has 0 bridgehead atoms. The summed E-state index contributed by atoms with van der Waals surface area (Å²) >= 11 is 0. The summed E-state index contributed by atoms with van der Waals surface area (Å²) in [4.78, 5) is 2.49. The van der Waals surface area contributed by atoms with Crippen LogP contribution in [0.2, 0.25) is 0 Å². The van der Waals surface area contributed by atoms with Crippen molar-refractivity contribution in [3.05, 3.63) is 29.8 Å². The highest BCUT2D eigenvalue weighted by molar-refractivity contribution is 5.61. The fraction of sp³-hybridized carbons (Fsp3) is 0.500. The standard InChI is InChI=1S/C12H17N/c1-4-13-10(3)9(2)11-7-5-6-8-12(11)13/h5-10H,4H2,1-3H3/t9-,10+/m0/s1. The molecule has 0 N–H and O–H groups in total. The lowest BCUT2D eigenvalue weighted by molar-refractivity contribution is 0.603. The van der Waals surface area contributed by atoms with E-state index >= 15 is 0 Å². The molecular formula is C12H17N. The van der Waals surface area contributed by atoms with Crippen molar-refractivity contribution in [2.45, 2.75) is 32.7 Å². The maximum Gasteiger partial charge on any atom is 0.0404 e. The Labute approximate surface area is 80.4 Å². The number of nitrogens with zero attached hydrogens (tertiary/aromatic N) is 1. The van der Waals surface area contributed by atoms with Crippen molar-refractivity contribution in [1.82, 2.24) is 0 Å². The van der Waals surface area contributed by atoms with Gasteiger partial charge in [0.05, 0.1) is 0 Å². The maximum atomic E-state index is 2.49. The van der Waals surface area contributed by atoms with Gasteiger partial charge in [0.25, 0.3) is 0 Å². The number of likely N-dealkylation sites (N-methyl/N-ethyl adjacent to an activating group) is 1. The van der Waals surface area contributed by atoms with Crippen molar-refractivity contribution < 1.29 is 0 Å². The molecule has 0 spiro atoms. The molecule has 1 heteroatoms. The summed E-state index contributed by atoms with van der Waals surface area (Å²) in [5.41, 5.74) is 2.95. The number of hydrogen-bond acceptors (Lipinski definition) is 1. The minimum absolute atomic E-state index is 0.655. The average molecular weight is 175 g/mol. The van der Waals surface area contributed by atoms with Crippen LogP contribution in [-0.4, -0.2) is 12.6 Å². The predicted molar refractivity (Wildman–Crippen MR) is 57.3 cm³/mol. The molecule has 1 aromatic rings. The quantitative estimate of drug-likeness (QED) is 0.634. The van der Waals surface area contributed by atoms with E-state index in [4.69, 9.17) is 0 Å². The zero-order valence-corrected chi connectivity index (χ0v) is 8.62. The molecule has 1 aromatic carbocycles. The lowest BCUT2D eigenvalue weighted by Gasteiger charge is -2.24. The second-order valence-electron chi connectivity index (χ2n) is 3.87. The molecule has 2 atom stereocenters. The SMILES string of the molecule is CCN1c2ccccc2[C@@H](C)[C@H]1C. The largest absolute Gasteiger partial charge is 0.368 e. The Hall–Kier alpha value is -0.980. The highest BCUT2D eigenvalue weighted by atomic mass is 15.2. The summed E-state index contributed by atoms with van der Waals surface area (Å²) in [5.74, 6) is 0.677. The normalized spacial score (nSPS) is 26.2. The summed E-state index contributed by atoms with van der Waals surface area (Å²) in [7, 11) is 0. The third kappa shape index (κ3) is 1.14. The van der Waals surface area contributed by atoms with E-state index in [9.17, 15) is 0 Å². The number of hydrogen-bond donors (Lipinski definition) is 0. The number of fused-ring (bicyclic) bond motifs is 1. The molecule has 0 aliphatic carbocycles. The Morgan fingerprint density at radius 1 is 1.23 bits per heavy atom. The van der Waals surface area contributed by atoms with Crippen LogP contribution in [0.4, 0.5) is 5.69 Å². The van der Waals surface area contributed by atoms with Crippen LogP contribution in [0.1, 0.15) is 32.3 Å². The van der Waals surface area contributed by atoms with Crippen LogP contribution < -0.4 is 4.90 Å². The zero-order valence-electron chi connectivity index (χ0n) is 8.62. The fourth-order valence-electron chi connectivity index (χ4n) is 2.34. The summed E-state index contributed by atoms with van der Waals surface area (Å²) in [6.07, 6.45) is 0. The van der Waals surface area contributed by atoms with Crippen molar-refractivity contribution in [1.29, 1.82) is 0 Å². The van der Waals surface area contributed by atoms with Crippen molar-refractivity contribution >= 4 is 5.69 Å². The third-order valence-corrected chi connectivity index (χ3v) is 3.29. The van der Waals surface area contributed by atoms with Gasteiger partial charge in [0.1, 0.15) is 0 Å². The zero-order chi connectivity index (χ0) is 9.42. The summed E-state index contributed by atoms with van der Waals surface area (Å²) in [6, 6.07) is 9.42. The van der Waals surface area contributed by atoms with E-state index < -0.39 is 0 Å². The Morgan fingerprint density at radius 3 is 2.62 bits per heavy atom. The first-order chi connectivity index (χ1) is 6.25. The molecule has 1 aliphatic rings. The van der Waals surface area contributed by atoms with E-state index in [1.54, 1.807) is 0 Å². The Kier molecular flexibility index (Phi) is 2.03. The van der Waals surface area contributed by atoms with Gasteiger partial charge in [-0.05, 0) is 25.5 Å². The van der Waals surface area contributed by atoms with Gasteiger partial charge in [-0.15, -0.1) is 0 Å². The number of rotatable bonds is 1. The second-order valence-corrected chi connectivity index (χ2v) is 3.87. The molecule has 13 heavy (non-hydrogen) atoms. The third-order valence-electron chi connectivity index (χ3n) is 3.29. The maximum absolute atomic E-state index is 2.49. The molecule has 0 radical (unpaired) electrons. The lowest BCUT2D eigenvalue weighted by Crippen LogP contribution is -2.30. The van der Waals surface area contributed by atoms with Gasteiger partial charge in [0, 0.05) is 24.2 Å². The molecule has 1 aliphatic heterocycles. The van der Waals surface area contributed by atoms with Crippen LogP contribution in [0.5, 0.6) is 0 Å². The van der Waals surface area contributed by atoms with E-state index in [-0.39, 0.29) is 0 Å². The number of para-hydroxylation sites is 1. The van der Waals surface area contributed by atoms with Crippen LogP contribution >= 0.6 is 0 Å². The van der Waals surface area contributed by atoms with E-state index in [0.717, 1.165) is 6.54 Å². The highest BCUT2D eigenvalue weighted by Gasteiger charge is 2.30. The topological polar surface area (TPSA) is 3.24 Å². The first-order valence-electron chi connectivity index (χ1n) is 5.11. The molecule has 0 fully saturated rings. The highest BCUT2D eigenvalue weighted by Crippen LogP contribution is 2.39. The van der Waals surface area contributed by atoms with Gasteiger partial charge in [-0.3, -0.25) is 0 Å². The van der Waals surface area contributed by atoms with Crippen molar-refractivity contribution in [2.75, 3.05) is 11.4 Å².